The third-order valence-electron chi connectivity index (χ3n) is 6.33. The van der Waals surface area contributed by atoms with E-state index >= 15 is 0 Å². The molecule has 2 amide bonds. The van der Waals surface area contributed by atoms with Crippen LogP contribution in [-0.2, 0) is 15.8 Å². The molecular weight excluding hydrogens is 469 g/mol. The van der Waals surface area contributed by atoms with Gasteiger partial charge in [-0.25, -0.2) is 4.90 Å². The second-order valence-corrected chi connectivity index (χ2v) is 8.25. The molecule has 12 heteroatoms. The van der Waals surface area contributed by atoms with Gasteiger partial charge in [0.05, 0.1) is 34.1 Å². The highest BCUT2D eigenvalue weighted by Gasteiger charge is 2.64. The van der Waals surface area contributed by atoms with Gasteiger partial charge in [0.25, 0.3) is 5.69 Å². The van der Waals surface area contributed by atoms with E-state index < -0.39 is 58.2 Å². The quantitative estimate of drug-likeness (QED) is 0.285. The molecule has 5 rings (SSSR count). The summed E-state index contributed by atoms with van der Waals surface area (Å²) in [6.07, 6.45) is -0.171. The zero-order valence-corrected chi connectivity index (χ0v) is 17.6. The van der Waals surface area contributed by atoms with E-state index in [0.29, 0.717) is 11.0 Å². The lowest BCUT2D eigenvalue weighted by Gasteiger charge is -2.30. The molecule has 3 aliphatic rings. The Morgan fingerprint density at radius 3 is 2.46 bits per heavy atom. The van der Waals surface area contributed by atoms with Gasteiger partial charge in [0.2, 0.25) is 11.8 Å². The molecule has 0 aliphatic carbocycles. The maximum atomic E-state index is 13.5. The molecule has 0 radical (unpaired) electrons. The Labute approximate surface area is 195 Å². The van der Waals surface area contributed by atoms with Crippen LogP contribution in [0.3, 0.4) is 0 Å². The van der Waals surface area contributed by atoms with Gasteiger partial charge < -0.3 is 0 Å². The summed E-state index contributed by atoms with van der Waals surface area (Å²) in [5.41, 5.74) is -1.66. The van der Waals surface area contributed by atoms with Crippen molar-refractivity contribution in [1.82, 2.24) is 5.01 Å². The van der Waals surface area contributed by atoms with Crippen LogP contribution >= 0.6 is 0 Å². The van der Waals surface area contributed by atoms with Crippen molar-refractivity contribution >= 4 is 35.2 Å². The van der Waals surface area contributed by atoms with Gasteiger partial charge in [0.15, 0.2) is 5.78 Å². The minimum atomic E-state index is -4.68. The number of amides is 2. The Bertz CT molecular complexity index is 1340. The highest BCUT2D eigenvalue weighted by atomic mass is 19.4. The Morgan fingerprint density at radius 2 is 1.74 bits per heavy atom. The van der Waals surface area contributed by atoms with Crippen LogP contribution in [0.15, 0.2) is 65.8 Å². The third kappa shape index (κ3) is 3.49. The van der Waals surface area contributed by atoms with Crippen LogP contribution in [0.1, 0.15) is 15.9 Å². The van der Waals surface area contributed by atoms with Gasteiger partial charge in [-0.05, 0) is 24.3 Å². The first-order chi connectivity index (χ1) is 16.6. The van der Waals surface area contributed by atoms with E-state index in [4.69, 9.17) is 0 Å². The number of benzene rings is 2. The second kappa shape index (κ2) is 7.86. The first kappa shape index (κ1) is 22.4. The van der Waals surface area contributed by atoms with E-state index in [1.54, 1.807) is 12.2 Å². The number of hydrogen-bond donors (Lipinski definition) is 0. The molecule has 2 aromatic rings. The van der Waals surface area contributed by atoms with E-state index in [1.165, 1.54) is 35.5 Å². The van der Waals surface area contributed by atoms with Gasteiger partial charge in [-0.1, -0.05) is 24.3 Å². The van der Waals surface area contributed by atoms with E-state index in [-0.39, 0.29) is 16.9 Å². The van der Waals surface area contributed by atoms with Crippen molar-refractivity contribution in [3.63, 3.8) is 0 Å². The van der Waals surface area contributed by atoms with Crippen LogP contribution in [0.2, 0.25) is 0 Å². The fourth-order valence-corrected chi connectivity index (χ4v) is 4.86. The highest BCUT2D eigenvalue weighted by molar-refractivity contribution is 6.24. The Hall–Kier alpha value is -4.35. The van der Waals surface area contributed by atoms with Crippen LogP contribution in [-0.4, -0.2) is 45.8 Å². The molecule has 0 bridgehead atoms. The fraction of sp³-hybridized carbons (Fsp3) is 0.217. The number of nitrogens with zero attached hydrogens (tertiary/aromatic N) is 4. The number of nitro groups is 1. The van der Waals surface area contributed by atoms with Crippen molar-refractivity contribution in [2.45, 2.75) is 18.3 Å². The molecule has 0 aromatic heterocycles. The highest BCUT2D eigenvalue weighted by Crippen LogP contribution is 2.46. The molecule has 2 saturated heterocycles. The number of halogens is 3. The van der Waals surface area contributed by atoms with Crippen molar-refractivity contribution in [1.29, 1.82) is 0 Å². The number of hydrazone groups is 1. The monoisotopic (exact) mass is 484 g/mol. The number of nitro benzene ring substituents is 1. The molecule has 2 fully saturated rings. The largest absolute Gasteiger partial charge is 0.416 e. The number of alkyl halides is 3. The summed E-state index contributed by atoms with van der Waals surface area (Å²) < 4.78 is 39.7. The molecule has 178 valence electrons. The molecule has 3 heterocycles. The van der Waals surface area contributed by atoms with Crippen LogP contribution in [0.5, 0.6) is 0 Å². The van der Waals surface area contributed by atoms with Gasteiger partial charge in [-0.15, -0.1) is 0 Å². The standard InChI is InChI=1S/C23H15F3N4O5/c24-23(25,26)13-5-2-6-14(11-13)28-21(32)17-16-8-3-9-27-29(16)19(18(17)22(28)33)20(31)12-4-1-7-15(10-12)30(34)35/h1-11,16-19H/t16-,17-,18-,19+/m1/s1. The number of hydrogen-bond acceptors (Lipinski definition) is 7. The summed E-state index contributed by atoms with van der Waals surface area (Å²) in [5.74, 6) is -4.55. The van der Waals surface area contributed by atoms with E-state index in [9.17, 15) is 37.7 Å². The summed E-state index contributed by atoms with van der Waals surface area (Å²) in [6, 6.07) is 6.73. The molecule has 0 saturated carbocycles. The van der Waals surface area contributed by atoms with Crippen LogP contribution < -0.4 is 4.90 Å². The molecule has 0 spiro atoms. The summed E-state index contributed by atoms with van der Waals surface area (Å²) in [5, 5.41) is 16.6. The molecule has 0 N–H and O–H groups in total. The smallest absolute Gasteiger partial charge is 0.292 e. The molecule has 9 nitrogen and oxygen atoms in total. The maximum Gasteiger partial charge on any atom is 0.416 e. The minimum absolute atomic E-state index is 0.0499. The number of allylic oxidation sites excluding steroid dienone is 1. The van der Waals surface area contributed by atoms with Crippen molar-refractivity contribution in [2.75, 3.05) is 4.90 Å². The Kier molecular flexibility index (Phi) is 5.04. The topological polar surface area (TPSA) is 113 Å². The second-order valence-electron chi connectivity index (χ2n) is 8.25. The Balaban J connectivity index is 1.57. The number of anilines is 1. The first-order valence-corrected chi connectivity index (χ1v) is 10.4. The molecule has 3 aliphatic heterocycles. The van der Waals surface area contributed by atoms with E-state index in [0.717, 1.165) is 18.2 Å². The lowest BCUT2D eigenvalue weighted by atomic mass is 9.86. The lowest BCUT2D eigenvalue weighted by Crippen LogP contribution is -2.46. The minimum Gasteiger partial charge on any atom is -0.292 e. The molecule has 2 aromatic carbocycles. The van der Waals surface area contributed by atoms with Crippen LogP contribution in [0.25, 0.3) is 0 Å². The molecule has 0 unspecified atom stereocenters. The summed E-state index contributed by atoms with van der Waals surface area (Å²) >= 11 is 0. The van der Waals surface area contributed by atoms with Crippen molar-refractivity contribution in [3.05, 3.63) is 81.9 Å². The Morgan fingerprint density at radius 1 is 1.03 bits per heavy atom. The number of carbonyl (C=O) groups is 3. The molecular formula is C23H15F3N4O5. The number of imide groups is 1. The molecule has 35 heavy (non-hydrogen) atoms. The lowest BCUT2D eigenvalue weighted by molar-refractivity contribution is -0.384. The first-order valence-electron chi connectivity index (χ1n) is 10.4. The predicted molar refractivity (Wildman–Crippen MR) is 115 cm³/mol. The summed E-state index contributed by atoms with van der Waals surface area (Å²) in [4.78, 5) is 51.5. The number of rotatable bonds is 4. The van der Waals surface area contributed by atoms with Crippen molar-refractivity contribution in [3.8, 4) is 0 Å². The average molecular weight is 484 g/mol. The predicted octanol–water partition coefficient (Wildman–Crippen LogP) is 3.21. The van der Waals surface area contributed by atoms with Gasteiger partial charge in [-0.2, -0.15) is 18.3 Å². The van der Waals surface area contributed by atoms with Gasteiger partial charge in [0, 0.05) is 23.9 Å². The van der Waals surface area contributed by atoms with Crippen LogP contribution in [0, 0.1) is 22.0 Å². The summed E-state index contributed by atoms with van der Waals surface area (Å²) in [7, 11) is 0. The van der Waals surface area contributed by atoms with Crippen molar-refractivity contribution < 1.29 is 32.5 Å². The fourth-order valence-electron chi connectivity index (χ4n) is 4.86. The number of non-ortho nitro benzene ring substituents is 1. The zero-order valence-electron chi connectivity index (χ0n) is 17.6. The maximum absolute atomic E-state index is 13.5. The SMILES string of the molecule is O=C(c1cccc([N+](=O)[O-])c1)[C@@H]1[C@@H]2C(=O)N(c3cccc(C(F)(F)F)c3)C(=O)[C@@H]2[C@H]2C=CC=NN21. The van der Waals surface area contributed by atoms with Gasteiger partial charge in [-0.3, -0.25) is 29.5 Å². The normalized spacial score (nSPS) is 25.1. The number of fused-ring (bicyclic) bond motifs is 3. The van der Waals surface area contributed by atoms with Gasteiger partial charge >= 0.3 is 6.18 Å². The van der Waals surface area contributed by atoms with Crippen LogP contribution in [0.4, 0.5) is 24.5 Å². The van der Waals surface area contributed by atoms with E-state index in [2.05, 4.69) is 5.10 Å². The van der Waals surface area contributed by atoms with Gasteiger partial charge in [0.1, 0.15) is 6.04 Å². The number of carbonyl (C=O) groups excluding carboxylic acids is 3. The van der Waals surface area contributed by atoms with Crippen molar-refractivity contribution in [2.24, 2.45) is 16.9 Å². The zero-order chi connectivity index (χ0) is 25.1. The average Bonchev–Trinajstić information content (AvgIpc) is 3.30. The number of Topliss-reactive ketones (excluding diaryl/α,β-unsaturated/α-hetero) is 1. The number of ketones is 1. The summed E-state index contributed by atoms with van der Waals surface area (Å²) in [6.45, 7) is 0. The van der Waals surface area contributed by atoms with E-state index in [1.807, 2.05) is 0 Å². The third-order valence-corrected chi connectivity index (χ3v) is 6.33. The molecule has 4 atom stereocenters.